The molecule has 18 heavy (non-hydrogen) atoms. The van der Waals surface area contributed by atoms with Gasteiger partial charge in [-0.05, 0) is 46.5 Å². The molecule has 0 aromatic carbocycles. The molecule has 0 aromatic rings. The molecule has 1 fully saturated rings. The minimum atomic E-state index is -0.0735. The van der Waals surface area contributed by atoms with E-state index in [-0.39, 0.29) is 23.4 Å². The Labute approximate surface area is 112 Å². The highest BCUT2D eigenvalue weighted by atomic mass is 16.7. The average Bonchev–Trinajstić information content (AvgIpc) is 2.21. The molecule has 1 aliphatic carbocycles. The Balaban J connectivity index is 2.20. The first-order chi connectivity index (χ1) is 8.23. The van der Waals surface area contributed by atoms with Gasteiger partial charge in [0, 0.05) is 11.8 Å². The van der Waals surface area contributed by atoms with Crippen molar-refractivity contribution >= 4 is 0 Å². The van der Waals surface area contributed by atoms with E-state index in [2.05, 4.69) is 47.6 Å². The third-order valence-corrected chi connectivity index (χ3v) is 4.73. The predicted octanol–water partition coefficient (Wildman–Crippen LogP) is 4.30. The number of ether oxygens (including phenoxy) is 2. The molecule has 0 N–H and O–H groups in total. The maximum absolute atomic E-state index is 6.24. The van der Waals surface area contributed by atoms with Crippen LogP contribution in [0.2, 0.25) is 0 Å². The van der Waals surface area contributed by atoms with Crippen LogP contribution in [-0.4, -0.2) is 18.0 Å². The molecule has 0 saturated carbocycles. The molecule has 0 unspecified atom stereocenters. The number of hydrogen-bond donors (Lipinski definition) is 0. The first-order valence-electron chi connectivity index (χ1n) is 7.23. The maximum atomic E-state index is 6.24. The van der Waals surface area contributed by atoms with Crippen molar-refractivity contribution in [1.29, 1.82) is 0 Å². The largest absolute Gasteiger partial charge is 0.349 e. The van der Waals surface area contributed by atoms with E-state index in [9.17, 15) is 0 Å². The van der Waals surface area contributed by atoms with E-state index >= 15 is 0 Å². The summed E-state index contributed by atoms with van der Waals surface area (Å²) in [6, 6.07) is 0. The van der Waals surface area contributed by atoms with Gasteiger partial charge >= 0.3 is 0 Å². The fraction of sp³-hybridized carbons (Fsp3) is 0.875. The zero-order chi connectivity index (χ0) is 13.6. The molecule has 0 aromatic heterocycles. The van der Waals surface area contributed by atoms with Crippen LogP contribution in [0.1, 0.15) is 60.8 Å². The molecule has 1 heterocycles. The molecule has 0 spiro atoms. The highest BCUT2D eigenvalue weighted by Crippen LogP contribution is 2.47. The Bertz CT molecular complexity index is 345. The van der Waals surface area contributed by atoms with Gasteiger partial charge in [-0.3, -0.25) is 0 Å². The van der Waals surface area contributed by atoms with E-state index in [0.717, 1.165) is 12.8 Å². The molecule has 1 aliphatic heterocycles. The van der Waals surface area contributed by atoms with Crippen LogP contribution in [0.5, 0.6) is 0 Å². The average molecular weight is 252 g/mol. The van der Waals surface area contributed by atoms with Gasteiger partial charge in [0.2, 0.25) is 0 Å². The molecule has 4 atom stereocenters. The fourth-order valence-corrected chi connectivity index (χ4v) is 3.33. The number of allylic oxidation sites excluding steroid dienone is 2. The molecule has 0 radical (unpaired) electrons. The van der Waals surface area contributed by atoms with Gasteiger partial charge in [0.25, 0.3) is 0 Å². The van der Waals surface area contributed by atoms with Crippen molar-refractivity contribution in [1.82, 2.24) is 0 Å². The first kappa shape index (κ1) is 14.1. The summed E-state index contributed by atoms with van der Waals surface area (Å²) in [4.78, 5) is 0. The molecule has 2 heteroatoms. The monoisotopic (exact) mass is 252 g/mol. The van der Waals surface area contributed by atoms with E-state index in [1.807, 2.05) is 0 Å². The summed E-state index contributed by atoms with van der Waals surface area (Å²) >= 11 is 0. The van der Waals surface area contributed by atoms with Gasteiger partial charge in [-0.25, -0.2) is 0 Å². The lowest BCUT2D eigenvalue weighted by Gasteiger charge is -2.50. The van der Waals surface area contributed by atoms with E-state index in [1.165, 1.54) is 12.0 Å². The van der Waals surface area contributed by atoms with Crippen molar-refractivity contribution in [3.05, 3.63) is 11.6 Å². The van der Waals surface area contributed by atoms with Gasteiger partial charge in [-0.1, -0.05) is 25.5 Å². The highest BCUT2D eigenvalue weighted by molar-refractivity contribution is 5.11. The van der Waals surface area contributed by atoms with Crippen molar-refractivity contribution in [2.24, 2.45) is 11.3 Å². The third-order valence-electron chi connectivity index (χ3n) is 4.73. The first-order valence-corrected chi connectivity index (χ1v) is 7.23. The Kier molecular flexibility index (Phi) is 3.63. The summed E-state index contributed by atoms with van der Waals surface area (Å²) in [5, 5.41) is 0. The SMILES string of the molecule is CC1=C[C@H](C)[C@](C)([C@H]2O[C@@H](C)CC(C)(C)O2)CC1. The molecule has 2 aliphatic rings. The zero-order valence-electron chi connectivity index (χ0n) is 12.7. The second-order valence-corrected chi connectivity index (χ2v) is 7.17. The summed E-state index contributed by atoms with van der Waals surface area (Å²) in [5.41, 5.74) is 1.54. The second kappa shape index (κ2) is 4.64. The standard InChI is InChI=1S/C16H28O2/c1-11-7-8-16(6,12(2)9-11)14-17-13(3)10-15(4,5)18-14/h9,12-14H,7-8,10H2,1-6H3/t12-,13-,14-,16+/m0/s1. The van der Waals surface area contributed by atoms with Crippen molar-refractivity contribution in [3.63, 3.8) is 0 Å². The third kappa shape index (κ3) is 2.65. The molecule has 0 bridgehead atoms. The molecule has 2 nitrogen and oxygen atoms in total. The van der Waals surface area contributed by atoms with Crippen molar-refractivity contribution in [3.8, 4) is 0 Å². The minimum absolute atomic E-state index is 0.0682. The Morgan fingerprint density at radius 2 is 1.89 bits per heavy atom. The van der Waals surface area contributed by atoms with Crippen LogP contribution in [0.25, 0.3) is 0 Å². The van der Waals surface area contributed by atoms with E-state index in [1.54, 1.807) is 0 Å². The maximum Gasteiger partial charge on any atom is 0.164 e. The Hall–Kier alpha value is -0.340. The van der Waals surface area contributed by atoms with Crippen LogP contribution in [0.4, 0.5) is 0 Å². The molecule has 2 rings (SSSR count). The van der Waals surface area contributed by atoms with Crippen molar-refractivity contribution in [2.45, 2.75) is 78.8 Å². The Morgan fingerprint density at radius 3 is 2.44 bits per heavy atom. The molecule has 0 amide bonds. The lowest BCUT2D eigenvalue weighted by atomic mass is 9.69. The molecular weight excluding hydrogens is 224 g/mol. The van der Waals surface area contributed by atoms with Crippen LogP contribution >= 0.6 is 0 Å². The minimum Gasteiger partial charge on any atom is -0.349 e. The van der Waals surface area contributed by atoms with Crippen LogP contribution in [-0.2, 0) is 9.47 Å². The normalized spacial score (nSPS) is 44.6. The lowest BCUT2D eigenvalue weighted by Crippen LogP contribution is -2.52. The van der Waals surface area contributed by atoms with E-state index < -0.39 is 0 Å². The van der Waals surface area contributed by atoms with Crippen molar-refractivity contribution in [2.75, 3.05) is 0 Å². The van der Waals surface area contributed by atoms with Gasteiger partial charge in [-0.15, -0.1) is 0 Å². The van der Waals surface area contributed by atoms with Crippen LogP contribution in [0, 0.1) is 11.3 Å². The van der Waals surface area contributed by atoms with Gasteiger partial charge < -0.3 is 9.47 Å². The summed E-state index contributed by atoms with van der Waals surface area (Å²) in [5.74, 6) is 0.511. The predicted molar refractivity (Wildman–Crippen MR) is 74.4 cm³/mol. The Morgan fingerprint density at radius 1 is 1.22 bits per heavy atom. The van der Waals surface area contributed by atoms with Gasteiger partial charge in [-0.2, -0.15) is 0 Å². The van der Waals surface area contributed by atoms with Gasteiger partial charge in [0.05, 0.1) is 11.7 Å². The highest BCUT2D eigenvalue weighted by Gasteiger charge is 2.47. The lowest BCUT2D eigenvalue weighted by molar-refractivity contribution is -0.314. The van der Waals surface area contributed by atoms with Crippen molar-refractivity contribution < 1.29 is 9.47 Å². The molecule has 1 saturated heterocycles. The molecular formula is C16H28O2. The number of hydrogen-bond acceptors (Lipinski definition) is 2. The van der Waals surface area contributed by atoms with Gasteiger partial charge in [0.1, 0.15) is 0 Å². The topological polar surface area (TPSA) is 18.5 Å². The second-order valence-electron chi connectivity index (χ2n) is 7.17. The fourth-order valence-electron chi connectivity index (χ4n) is 3.33. The van der Waals surface area contributed by atoms with Crippen LogP contribution in [0.3, 0.4) is 0 Å². The van der Waals surface area contributed by atoms with Gasteiger partial charge in [0.15, 0.2) is 6.29 Å². The van der Waals surface area contributed by atoms with Crippen LogP contribution in [0.15, 0.2) is 11.6 Å². The van der Waals surface area contributed by atoms with Crippen LogP contribution < -0.4 is 0 Å². The van der Waals surface area contributed by atoms with E-state index in [4.69, 9.17) is 9.47 Å². The number of rotatable bonds is 1. The summed E-state index contributed by atoms with van der Waals surface area (Å²) in [6.45, 7) is 13.4. The molecule has 104 valence electrons. The summed E-state index contributed by atoms with van der Waals surface area (Å²) < 4.78 is 12.4. The zero-order valence-corrected chi connectivity index (χ0v) is 12.7. The summed E-state index contributed by atoms with van der Waals surface area (Å²) in [6.07, 6.45) is 5.90. The van der Waals surface area contributed by atoms with E-state index in [0.29, 0.717) is 5.92 Å². The quantitative estimate of drug-likeness (QED) is 0.648. The smallest absolute Gasteiger partial charge is 0.164 e. The summed E-state index contributed by atoms with van der Waals surface area (Å²) in [7, 11) is 0.